The van der Waals surface area contributed by atoms with Crippen LogP contribution >= 0.6 is 0 Å². The van der Waals surface area contributed by atoms with Crippen molar-refractivity contribution in [3.8, 4) is 0 Å². The Balaban J connectivity index is 1.50. The quantitative estimate of drug-likeness (QED) is 0.825. The van der Waals surface area contributed by atoms with E-state index in [-0.39, 0.29) is 0 Å². The molecule has 0 amide bonds. The second-order valence-corrected chi connectivity index (χ2v) is 6.79. The van der Waals surface area contributed by atoms with Gasteiger partial charge < -0.3 is 10.6 Å². The molecule has 0 aromatic carbocycles. The monoisotopic (exact) mass is 251 g/mol. The van der Waals surface area contributed by atoms with E-state index in [1.54, 1.807) is 0 Å². The van der Waals surface area contributed by atoms with Crippen LogP contribution in [0.4, 0.5) is 0 Å². The molecule has 0 radical (unpaired) electrons. The third-order valence-electron chi connectivity index (χ3n) is 5.69. The van der Waals surface area contributed by atoms with Crippen molar-refractivity contribution in [1.82, 2.24) is 9.80 Å². The summed E-state index contributed by atoms with van der Waals surface area (Å²) in [5, 5.41) is 0. The Morgan fingerprint density at radius 2 is 1.89 bits per heavy atom. The maximum atomic E-state index is 5.97. The second kappa shape index (κ2) is 5.48. The average molecular weight is 251 g/mol. The van der Waals surface area contributed by atoms with Gasteiger partial charge in [0.15, 0.2) is 0 Å². The summed E-state index contributed by atoms with van der Waals surface area (Å²) >= 11 is 0. The van der Waals surface area contributed by atoms with Gasteiger partial charge in [-0.05, 0) is 76.7 Å². The van der Waals surface area contributed by atoms with Crippen molar-refractivity contribution >= 4 is 0 Å². The Labute approximate surface area is 112 Å². The normalized spacial score (nSPS) is 32.8. The molecule has 3 fully saturated rings. The molecule has 18 heavy (non-hydrogen) atoms. The van der Waals surface area contributed by atoms with Gasteiger partial charge in [-0.3, -0.25) is 4.90 Å². The Bertz CT molecular complexity index is 269. The van der Waals surface area contributed by atoms with E-state index in [9.17, 15) is 0 Å². The smallest absolute Gasteiger partial charge is 0.0223 e. The van der Waals surface area contributed by atoms with Crippen LogP contribution in [-0.2, 0) is 0 Å². The van der Waals surface area contributed by atoms with Crippen LogP contribution in [0, 0.1) is 5.41 Å². The van der Waals surface area contributed by atoms with Gasteiger partial charge in [-0.25, -0.2) is 0 Å². The molecule has 2 heterocycles. The predicted octanol–water partition coefficient (Wildman–Crippen LogP) is 1.68. The van der Waals surface area contributed by atoms with Crippen molar-refractivity contribution in [1.29, 1.82) is 0 Å². The molecule has 104 valence electrons. The maximum Gasteiger partial charge on any atom is 0.0223 e. The van der Waals surface area contributed by atoms with Crippen LogP contribution in [0.2, 0.25) is 0 Å². The lowest BCUT2D eigenvalue weighted by Crippen LogP contribution is -2.42. The third-order valence-corrected chi connectivity index (χ3v) is 5.69. The highest BCUT2D eigenvalue weighted by molar-refractivity contribution is 4.90. The molecule has 3 aliphatic rings. The molecular weight excluding hydrogens is 222 g/mol. The minimum absolute atomic E-state index is 0.529. The topological polar surface area (TPSA) is 32.5 Å². The molecule has 1 atom stereocenters. The van der Waals surface area contributed by atoms with E-state index >= 15 is 0 Å². The van der Waals surface area contributed by atoms with Crippen molar-refractivity contribution in [2.24, 2.45) is 11.1 Å². The van der Waals surface area contributed by atoms with Crippen LogP contribution in [0.25, 0.3) is 0 Å². The van der Waals surface area contributed by atoms with Gasteiger partial charge in [0.2, 0.25) is 0 Å². The van der Waals surface area contributed by atoms with Crippen LogP contribution in [0.3, 0.4) is 0 Å². The molecule has 2 N–H and O–H groups in total. The lowest BCUT2D eigenvalue weighted by Gasteiger charge is -2.42. The first kappa shape index (κ1) is 12.9. The van der Waals surface area contributed by atoms with Crippen LogP contribution in [0.1, 0.15) is 44.9 Å². The third kappa shape index (κ3) is 2.59. The van der Waals surface area contributed by atoms with Gasteiger partial charge in [-0.1, -0.05) is 6.42 Å². The minimum atomic E-state index is 0.529. The molecule has 0 aromatic rings. The first-order valence-corrected chi connectivity index (χ1v) is 7.98. The number of hydrogen-bond donors (Lipinski definition) is 1. The Hall–Kier alpha value is -0.120. The number of nitrogens with two attached hydrogens (primary N) is 1. The molecule has 3 rings (SSSR count). The van der Waals surface area contributed by atoms with E-state index in [0.717, 1.165) is 12.6 Å². The van der Waals surface area contributed by atoms with Crippen molar-refractivity contribution in [3.05, 3.63) is 0 Å². The fraction of sp³-hybridized carbons (Fsp3) is 1.00. The van der Waals surface area contributed by atoms with Gasteiger partial charge in [-0.15, -0.1) is 0 Å². The molecule has 0 bridgehead atoms. The summed E-state index contributed by atoms with van der Waals surface area (Å²) < 4.78 is 0. The molecule has 1 unspecified atom stereocenters. The first-order valence-electron chi connectivity index (χ1n) is 7.98. The van der Waals surface area contributed by atoms with Crippen molar-refractivity contribution in [2.75, 3.05) is 39.3 Å². The van der Waals surface area contributed by atoms with Crippen molar-refractivity contribution in [2.45, 2.75) is 51.0 Å². The molecule has 2 aliphatic heterocycles. The molecule has 2 saturated heterocycles. The molecule has 3 nitrogen and oxygen atoms in total. The molecule has 1 aliphatic carbocycles. The summed E-state index contributed by atoms with van der Waals surface area (Å²) in [6.07, 6.45) is 9.74. The molecule has 0 spiro atoms. The number of fused-ring (bicyclic) bond motifs is 1. The van der Waals surface area contributed by atoms with E-state index in [2.05, 4.69) is 9.80 Å². The minimum Gasteiger partial charge on any atom is -0.330 e. The zero-order chi connectivity index (χ0) is 12.4. The van der Waals surface area contributed by atoms with Crippen LogP contribution < -0.4 is 5.73 Å². The van der Waals surface area contributed by atoms with Gasteiger partial charge in [0.25, 0.3) is 0 Å². The van der Waals surface area contributed by atoms with E-state index < -0.39 is 0 Å². The maximum absolute atomic E-state index is 5.97. The highest BCUT2D eigenvalue weighted by Crippen LogP contribution is 2.43. The molecule has 0 aromatic heterocycles. The molecule has 3 heteroatoms. The number of nitrogens with zero attached hydrogens (tertiary/aromatic N) is 2. The summed E-state index contributed by atoms with van der Waals surface area (Å²) in [5.74, 6) is 0. The second-order valence-electron chi connectivity index (χ2n) is 6.79. The SMILES string of the molecule is NCC1(CCN2CCCN3CCCC3C2)CCC1. The van der Waals surface area contributed by atoms with Crippen LogP contribution in [0.5, 0.6) is 0 Å². The lowest BCUT2D eigenvalue weighted by atomic mass is 9.66. The molecule has 1 saturated carbocycles. The van der Waals surface area contributed by atoms with Gasteiger partial charge >= 0.3 is 0 Å². The lowest BCUT2D eigenvalue weighted by molar-refractivity contribution is 0.103. The highest BCUT2D eigenvalue weighted by atomic mass is 15.3. The summed E-state index contributed by atoms with van der Waals surface area (Å²) in [6, 6.07) is 0.864. The Morgan fingerprint density at radius 1 is 1.06 bits per heavy atom. The summed E-state index contributed by atoms with van der Waals surface area (Å²) in [4.78, 5) is 5.45. The van der Waals surface area contributed by atoms with E-state index in [1.165, 1.54) is 77.7 Å². The predicted molar refractivity (Wildman–Crippen MR) is 75.6 cm³/mol. The van der Waals surface area contributed by atoms with E-state index in [0.29, 0.717) is 5.41 Å². The summed E-state index contributed by atoms with van der Waals surface area (Å²) in [6.45, 7) is 7.53. The van der Waals surface area contributed by atoms with Gasteiger partial charge in [0, 0.05) is 12.6 Å². The van der Waals surface area contributed by atoms with Crippen molar-refractivity contribution in [3.63, 3.8) is 0 Å². The highest BCUT2D eigenvalue weighted by Gasteiger charge is 2.36. The van der Waals surface area contributed by atoms with E-state index in [4.69, 9.17) is 5.73 Å². The van der Waals surface area contributed by atoms with Gasteiger partial charge in [-0.2, -0.15) is 0 Å². The first-order chi connectivity index (χ1) is 8.81. The fourth-order valence-electron chi connectivity index (χ4n) is 4.11. The Kier molecular flexibility index (Phi) is 3.92. The summed E-state index contributed by atoms with van der Waals surface area (Å²) in [5.41, 5.74) is 6.50. The van der Waals surface area contributed by atoms with Gasteiger partial charge in [0.1, 0.15) is 0 Å². The standard InChI is InChI=1S/C15H29N3/c16-13-15(5-2-6-15)7-11-17-8-3-10-18-9-1-4-14(18)12-17/h14H,1-13,16H2. The largest absolute Gasteiger partial charge is 0.330 e. The molecular formula is C15H29N3. The fourth-order valence-corrected chi connectivity index (χ4v) is 4.11. The zero-order valence-electron chi connectivity index (χ0n) is 11.7. The Morgan fingerprint density at radius 3 is 2.61 bits per heavy atom. The number of rotatable bonds is 4. The average Bonchev–Trinajstić information content (AvgIpc) is 2.67. The van der Waals surface area contributed by atoms with Crippen LogP contribution in [-0.4, -0.2) is 55.1 Å². The number of hydrogen-bond acceptors (Lipinski definition) is 3. The zero-order valence-corrected chi connectivity index (χ0v) is 11.7. The van der Waals surface area contributed by atoms with E-state index in [1.807, 2.05) is 0 Å². The summed E-state index contributed by atoms with van der Waals surface area (Å²) in [7, 11) is 0. The van der Waals surface area contributed by atoms with Crippen LogP contribution in [0.15, 0.2) is 0 Å². The van der Waals surface area contributed by atoms with Gasteiger partial charge in [0.05, 0.1) is 0 Å². The van der Waals surface area contributed by atoms with Crippen molar-refractivity contribution < 1.29 is 0 Å².